The van der Waals surface area contributed by atoms with E-state index in [0.717, 1.165) is 13.1 Å². The molecule has 2 heterocycles. The number of rotatable bonds is 5. The van der Waals surface area contributed by atoms with E-state index in [4.69, 9.17) is 17.0 Å². The van der Waals surface area contributed by atoms with Gasteiger partial charge in [-0.2, -0.15) is 0 Å². The Labute approximate surface area is 148 Å². The molecule has 2 aromatic rings. The van der Waals surface area contributed by atoms with Crippen LogP contribution in [0, 0.1) is 0 Å². The monoisotopic (exact) mass is 342 g/mol. The number of anilines is 2. The third-order valence-corrected chi connectivity index (χ3v) is 4.33. The lowest BCUT2D eigenvalue weighted by Gasteiger charge is -2.18. The first-order valence-electron chi connectivity index (χ1n) is 8.14. The Morgan fingerprint density at radius 2 is 1.96 bits per heavy atom. The molecule has 3 rings (SSSR count). The Morgan fingerprint density at radius 1 is 1.21 bits per heavy atom. The molecule has 0 unspecified atom stereocenters. The molecule has 24 heavy (non-hydrogen) atoms. The summed E-state index contributed by atoms with van der Waals surface area (Å²) >= 11 is 5.33. The highest BCUT2D eigenvalue weighted by Crippen LogP contribution is 2.21. The van der Waals surface area contributed by atoms with Crippen molar-refractivity contribution in [1.29, 1.82) is 0 Å². The van der Waals surface area contributed by atoms with E-state index in [9.17, 15) is 0 Å². The molecule has 0 atom stereocenters. The highest BCUT2D eigenvalue weighted by atomic mass is 32.1. The van der Waals surface area contributed by atoms with Crippen molar-refractivity contribution in [2.24, 2.45) is 0 Å². The van der Waals surface area contributed by atoms with Crippen molar-refractivity contribution in [3.63, 3.8) is 0 Å². The number of hydrogen-bond acceptors (Lipinski definition) is 4. The second-order valence-electron chi connectivity index (χ2n) is 5.72. The number of nitrogens with one attached hydrogen (secondary N) is 2. The van der Waals surface area contributed by atoms with Gasteiger partial charge in [0.05, 0.1) is 7.11 Å². The van der Waals surface area contributed by atoms with Crippen molar-refractivity contribution in [2.45, 2.75) is 19.4 Å². The molecule has 1 aromatic carbocycles. The molecule has 0 amide bonds. The Kier molecular flexibility index (Phi) is 5.48. The minimum absolute atomic E-state index is 0.524. The maximum absolute atomic E-state index is 5.33. The summed E-state index contributed by atoms with van der Waals surface area (Å²) < 4.78 is 5.25. The Morgan fingerprint density at radius 3 is 2.67 bits per heavy atom. The van der Waals surface area contributed by atoms with Gasteiger partial charge in [0.2, 0.25) is 0 Å². The fourth-order valence-electron chi connectivity index (χ4n) is 2.78. The second-order valence-corrected chi connectivity index (χ2v) is 6.13. The molecular weight excluding hydrogens is 320 g/mol. The first-order valence-corrected chi connectivity index (χ1v) is 8.55. The van der Waals surface area contributed by atoms with Gasteiger partial charge in [-0.25, -0.2) is 4.98 Å². The molecule has 1 aromatic heterocycles. The van der Waals surface area contributed by atoms with Crippen molar-refractivity contribution in [3.05, 3.63) is 48.2 Å². The lowest BCUT2D eigenvalue weighted by molar-refractivity contribution is 0.415. The van der Waals surface area contributed by atoms with Gasteiger partial charge in [-0.05, 0) is 54.9 Å². The van der Waals surface area contributed by atoms with Gasteiger partial charge in [-0.3, -0.25) is 0 Å². The molecule has 0 bridgehead atoms. The first kappa shape index (κ1) is 16.5. The molecule has 6 heteroatoms. The largest absolute Gasteiger partial charge is 0.493 e. The summed E-state index contributed by atoms with van der Waals surface area (Å²) in [5, 5.41) is 6.79. The Hall–Kier alpha value is -2.34. The predicted octanol–water partition coefficient (Wildman–Crippen LogP) is 3.18. The smallest absolute Gasteiger partial charge is 0.174 e. The number of hydrogen-bond donors (Lipinski definition) is 2. The van der Waals surface area contributed by atoms with Crippen LogP contribution in [0.5, 0.6) is 5.75 Å². The fraction of sp³-hybridized carbons (Fsp3) is 0.333. The molecule has 1 aliphatic heterocycles. The molecule has 126 valence electrons. The number of ether oxygens (including phenoxy) is 1. The van der Waals surface area contributed by atoms with E-state index in [1.54, 1.807) is 13.3 Å². The third-order valence-electron chi connectivity index (χ3n) is 4.08. The minimum atomic E-state index is 0.524. The molecule has 5 nitrogen and oxygen atoms in total. The van der Waals surface area contributed by atoms with Crippen LogP contribution in [0.4, 0.5) is 11.5 Å². The average Bonchev–Trinajstić information content (AvgIpc) is 3.15. The molecule has 1 aliphatic rings. The molecule has 0 saturated carbocycles. The van der Waals surface area contributed by atoms with E-state index >= 15 is 0 Å². The molecule has 0 aliphatic carbocycles. The number of methoxy groups -OCH3 is 1. The van der Waals surface area contributed by atoms with Crippen molar-refractivity contribution in [2.75, 3.05) is 30.4 Å². The van der Waals surface area contributed by atoms with Crippen LogP contribution in [0.2, 0.25) is 0 Å². The summed E-state index contributed by atoms with van der Waals surface area (Å²) in [4.78, 5) is 6.66. The lowest BCUT2D eigenvalue weighted by atomic mass is 10.2. The first-order chi connectivity index (χ1) is 11.8. The van der Waals surface area contributed by atoms with Crippen molar-refractivity contribution >= 4 is 28.8 Å². The zero-order valence-electron chi connectivity index (χ0n) is 13.8. The minimum Gasteiger partial charge on any atom is -0.493 e. The molecule has 0 spiro atoms. The van der Waals surface area contributed by atoms with Gasteiger partial charge >= 0.3 is 0 Å². The van der Waals surface area contributed by atoms with Crippen LogP contribution < -0.4 is 20.3 Å². The summed E-state index contributed by atoms with van der Waals surface area (Å²) in [7, 11) is 1.61. The van der Waals surface area contributed by atoms with Crippen LogP contribution >= 0.6 is 12.2 Å². The summed E-state index contributed by atoms with van der Waals surface area (Å²) in [6, 6.07) is 12.3. The van der Waals surface area contributed by atoms with E-state index in [1.807, 2.05) is 12.1 Å². The van der Waals surface area contributed by atoms with Gasteiger partial charge in [0.15, 0.2) is 16.7 Å². The number of nitrogens with zero attached hydrogens (tertiary/aromatic N) is 2. The summed E-state index contributed by atoms with van der Waals surface area (Å²) in [6.07, 6.45) is 4.28. The SMILES string of the molecule is COc1cccnc1NC(=S)NCc1ccc(N2CCCC2)cc1. The summed E-state index contributed by atoms with van der Waals surface area (Å²) in [5.74, 6) is 1.28. The Balaban J connectivity index is 1.52. The predicted molar refractivity (Wildman–Crippen MR) is 102 cm³/mol. The topological polar surface area (TPSA) is 49.4 Å². The van der Waals surface area contributed by atoms with E-state index in [1.165, 1.54) is 24.1 Å². The lowest BCUT2D eigenvalue weighted by Crippen LogP contribution is -2.28. The number of benzene rings is 1. The van der Waals surface area contributed by atoms with Gasteiger partial charge in [0, 0.05) is 31.5 Å². The molecule has 2 N–H and O–H groups in total. The average molecular weight is 342 g/mol. The second kappa shape index (κ2) is 7.97. The number of pyridine rings is 1. The quantitative estimate of drug-likeness (QED) is 0.814. The van der Waals surface area contributed by atoms with Gasteiger partial charge in [-0.15, -0.1) is 0 Å². The van der Waals surface area contributed by atoms with Gasteiger partial charge in [0.25, 0.3) is 0 Å². The van der Waals surface area contributed by atoms with Crippen molar-refractivity contribution < 1.29 is 4.74 Å². The van der Waals surface area contributed by atoms with Crippen LogP contribution in [-0.4, -0.2) is 30.3 Å². The maximum Gasteiger partial charge on any atom is 0.174 e. The van der Waals surface area contributed by atoms with Crippen LogP contribution in [0.25, 0.3) is 0 Å². The molecule has 1 saturated heterocycles. The highest BCUT2D eigenvalue weighted by Gasteiger charge is 2.11. The number of thiocarbonyl (C=S) groups is 1. The Bertz CT molecular complexity index is 684. The summed E-state index contributed by atoms with van der Waals surface area (Å²) in [5.41, 5.74) is 2.49. The molecular formula is C18H22N4OS. The zero-order valence-corrected chi connectivity index (χ0v) is 14.6. The molecule has 0 radical (unpaired) electrons. The van der Waals surface area contributed by atoms with Crippen LogP contribution in [0.1, 0.15) is 18.4 Å². The van der Waals surface area contributed by atoms with Gasteiger partial charge in [0.1, 0.15) is 0 Å². The van der Waals surface area contributed by atoms with Crippen LogP contribution in [-0.2, 0) is 6.54 Å². The van der Waals surface area contributed by atoms with Crippen molar-refractivity contribution in [1.82, 2.24) is 10.3 Å². The van der Waals surface area contributed by atoms with E-state index < -0.39 is 0 Å². The third kappa shape index (κ3) is 4.14. The maximum atomic E-state index is 5.33. The molecule has 1 fully saturated rings. The zero-order chi connectivity index (χ0) is 16.8. The highest BCUT2D eigenvalue weighted by molar-refractivity contribution is 7.80. The normalized spacial score (nSPS) is 13.6. The van der Waals surface area contributed by atoms with E-state index in [0.29, 0.717) is 23.2 Å². The van der Waals surface area contributed by atoms with Crippen LogP contribution in [0.3, 0.4) is 0 Å². The summed E-state index contributed by atoms with van der Waals surface area (Å²) in [6.45, 7) is 3.00. The van der Waals surface area contributed by atoms with E-state index in [2.05, 4.69) is 44.8 Å². The van der Waals surface area contributed by atoms with Crippen LogP contribution in [0.15, 0.2) is 42.6 Å². The standard InChI is InChI=1S/C18H22N4OS/c1-23-16-5-4-10-19-17(16)21-18(24)20-13-14-6-8-15(9-7-14)22-11-2-3-12-22/h4-10H,2-3,11-13H2,1H3,(H2,19,20,21,24). The number of aromatic nitrogens is 1. The van der Waals surface area contributed by atoms with Gasteiger partial charge < -0.3 is 20.3 Å². The van der Waals surface area contributed by atoms with E-state index in [-0.39, 0.29) is 0 Å². The van der Waals surface area contributed by atoms with Crippen molar-refractivity contribution in [3.8, 4) is 5.75 Å². The fourth-order valence-corrected chi connectivity index (χ4v) is 2.95. The van der Waals surface area contributed by atoms with Gasteiger partial charge in [-0.1, -0.05) is 12.1 Å².